The molecular formula is C24H39NO3. The lowest BCUT2D eigenvalue weighted by molar-refractivity contribution is -0.393. The molecule has 0 aliphatic carbocycles. The molecule has 2 heterocycles. The maximum atomic E-state index is 6.69. The smallest absolute Gasteiger partial charge is 0.172 e. The molecule has 4 heteroatoms. The molecule has 3 atom stereocenters. The average Bonchev–Trinajstić information content (AvgIpc) is 2.68. The number of hydroxylamine groups is 2. The molecule has 3 rings (SSSR count). The van der Waals surface area contributed by atoms with E-state index < -0.39 is 5.79 Å². The molecule has 2 aliphatic rings. The Morgan fingerprint density at radius 1 is 0.929 bits per heavy atom. The lowest BCUT2D eigenvalue weighted by Crippen LogP contribution is -2.69. The maximum Gasteiger partial charge on any atom is 0.172 e. The van der Waals surface area contributed by atoms with Gasteiger partial charge in [-0.1, -0.05) is 58.0 Å². The number of ether oxygens (including phenoxy) is 2. The Morgan fingerprint density at radius 2 is 1.43 bits per heavy atom. The van der Waals surface area contributed by atoms with Crippen LogP contribution in [-0.4, -0.2) is 35.1 Å². The highest BCUT2D eigenvalue weighted by Gasteiger charge is 2.59. The highest BCUT2D eigenvalue weighted by Crippen LogP contribution is 2.51. The lowest BCUT2D eigenvalue weighted by atomic mass is 9.73. The van der Waals surface area contributed by atoms with Crippen LogP contribution in [0.4, 0.5) is 0 Å². The Bertz CT molecular complexity index is 629. The van der Waals surface area contributed by atoms with Gasteiger partial charge in [0, 0.05) is 29.3 Å². The van der Waals surface area contributed by atoms with Crippen LogP contribution in [0.5, 0.6) is 0 Å². The highest BCUT2D eigenvalue weighted by molar-refractivity contribution is 5.17. The maximum absolute atomic E-state index is 6.69. The van der Waals surface area contributed by atoms with E-state index in [4.69, 9.17) is 14.3 Å². The molecule has 3 unspecified atom stereocenters. The van der Waals surface area contributed by atoms with Crippen LogP contribution in [0.1, 0.15) is 85.8 Å². The standard InChI is InChI=1S/C24H39NO3/c1-8-22(6)15-24(26-17-21(4,5)18-27-24)16-23(7,9-2)25(22)28-19(3)20-13-11-10-12-14-20/h10-14,19H,8-9,15-18H2,1-7H3. The predicted octanol–water partition coefficient (Wildman–Crippen LogP) is 5.88. The van der Waals surface area contributed by atoms with Gasteiger partial charge >= 0.3 is 0 Å². The fraction of sp³-hybridized carbons (Fsp3) is 0.750. The Hall–Kier alpha value is -0.940. The second-order valence-electron chi connectivity index (χ2n) is 10.2. The summed E-state index contributed by atoms with van der Waals surface area (Å²) in [5.74, 6) is -0.513. The Kier molecular flexibility index (Phi) is 6.00. The third-order valence-corrected chi connectivity index (χ3v) is 6.79. The summed E-state index contributed by atoms with van der Waals surface area (Å²) in [6.45, 7) is 17.1. The van der Waals surface area contributed by atoms with Crippen LogP contribution in [0.25, 0.3) is 0 Å². The van der Waals surface area contributed by atoms with Crippen molar-refractivity contribution in [2.45, 2.75) is 97.1 Å². The normalized spacial score (nSPS) is 33.7. The monoisotopic (exact) mass is 389 g/mol. The average molecular weight is 390 g/mol. The molecule has 2 aliphatic heterocycles. The van der Waals surface area contributed by atoms with Gasteiger partial charge in [0.1, 0.15) is 6.10 Å². The van der Waals surface area contributed by atoms with E-state index in [0.717, 1.165) is 38.9 Å². The molecule has 2 saturated heterocycles. The van der Waals surface area contributed by atoms with Gasteiger partial charge in [0.2, 0.25) is 0 Å². The largest absolute Gasteiger partial charge is 0.349 e. The van der Waals surface area contributed by atoms with Crippen LogP contribution < -0.4 is 0 Å². The van der Waals surface area contributed by atoms with Gasteiger partial charge in [-0.05, 0) is 39.2 Å². The summed E-state index contributed by atoms with van der Waals surface area (Å²) in [6.07, 6.45) is 3.59. The van der Waals surface area contributed by atoms with Crippen LogP contribution in [0.2, 0.25) is 0 Å². The number of nitrogens with zero attached hydrogens (tertiary/aromatic N) is 1. The summed E-state index contributed by atoms with van der Waals surface area (Å²) in [7, 11) is 0. The Labute approximate surface area is 171 Å². The van der Waals surface area contributed by atoms with Crippen LogP contribution in [0.15, 0.2) is 30.3 Å². The van der Waals surface area contributed by atoms with Crippen LogP contribution in [-0.2, 0) is 14.3 Å². The minimum atomic E-state index is -0.513. The van der Waals surface area contributed by atoms with Gasteiger partial charge in [-0.3, -0.25) is 4.84 Å². The number of rotatable bonds is 5. The summed E-state index contributed by atoms with van der Waals surface area (Å²) in [6, 6.07) is 10.5. The number of hydrogen-bond donors (Lipinski definition) is 0. The molecule has 0 radical (unpaired) electrons. The van der Waals surface area contributed by atoms with Crippen molar-refractivity contribution in [2.24, 2.45) is 5.41 Å². The molecule has 0 N–H and O–H groups in total. The molecule has 1 aromatic carbocycles. The summed E-state index contributed by atoms with van der Waals surface area (Å²) in [5, 5.41) is 2.29. The van der Waals surface area contributed by atoms with Crippen molar-refractivity contribution in [1.29, 1.82) is 0 Å². The first-order valence-corrected chi connectivity index (χ1v) is 10.9. The minimum Gasteiger partial charge on any atom is -0.349 e. The summed E-state index contributed by atoms with van der Waals surface area (Å²) in [5.41, 5.74) is 0.958. The van der Waals surface area contributed by atoms with Gasteiger partial charge in [-0.15, -0.1) is 0 Å². The van der Waals surface area contributed by atoms with Gasteiger partial charge < -0.3 is 9.47 Å². The Balaban J connectivity index is 1.88. The second kappa shape index (κ2) is 7.71. The molecule has 2 fully saturated rings. The molecule has 4 nitrogen and oxygen atoms in total. The predicted molar refractivity (Wildman–Crippen MR) is 113 cm³/mol. The zero-order valence-corrected chi connectivity index (χ0v) is 18.9. The van der Waals surface area contributed by atoms with Crippen LogP contribution in [0, 0.1) is 5.41 Å². The molecule has 0 bridgehead atoms. The number of benzene rings is 1. The zero-order valence-electron chi connectivity index (χ0n) is 18.9. The minimum absolute atomic E-state index is 0.000809. The Morgan fingerprint density at radius 3 is 1.89 bits per heavy atom. The van der Waals surface area contributed by atoms with E-state index in [0.29, 0.717) is 0 Å². The van der Waals surface area contributed by atoms with E-state index in [1.54, 1.807) is 0 Å². The summed E-state index contributed by atoms with van der Waals surface area (Å²) in [4.78, 5) is 6.69. The van der Waals surface area contributed by atoms with E-state index in [9.17, 15) is 0 Å². The topological polar surface area (TPSA) is 30.9 Å². The molecule has 1 aromatic rings. The molecule has 28 heavy (non-hydrogen) atoms. The van der Waals surface area contributed by atoms with E-state index in [-0.39, 0.29) is 22.6 Å². The summed E-state index contributed by atoms with van der Waals surface area (Å²) >= 11 is 0. The molecule has 0 saturated carbocycles. The fourth-order valence-corrected chi connectivity index (χ4v) is 4.69. The van der Waals surface area contributed by atoms with Gasteiger partial charge in [0.15, 0.2) is 5.79 Å². The van der Waals surface area contributed by atoms with Gasteiger partial charge in [0.25, 0.3) is 0 Å². The SMILES string of the molecule is CCC1(C)CC2(CC(C)(CC)N1OC(C)c1ccccc1)OCC(C)(C)CO2. The lowest BCUT2D eigenvalue weighted by Gasteiger charge is -2.61. The molecule has 1 spiro atoms. The van der Waals surface area contributed by atoms with E-state index in [1.807, 2.05) is 6.07 Å². The fourth-order valence-electron chi connectivity index (χ4n) is 4.69. The van der Waals surface area contributed by atoms with Gasteiger partial charge in [-0.2, -0.15) is 5.06 Å². The zero-order chi connectivity index (χ0) is 20.6. The van der Waals surface area contributed by atoms with Crippen molar-refractivity contribution in [3.63, 3.8) is 0 Å². The van der Waals surface area contributed by atoms with Gasteiger partial charge in [-0.25, -0.2) is 0 Å². The third kappa shape index (κ3) is 4.16. The van der Waals surface area contributed by atoms with Gasteiger partial charge in [0.05, 0.1) is 13.2 Å². The molecule has 158 valence electrons. The highest BCUT2D eigenvalue weighted by atomic mass is 16.7. The van der Waals surface area contributed by atoms with Crippen molar-refractivity contribution in [1.82, 2.24) is 5.06 Å². The van der Waals surface area contributed by atoms with Crippen molar-refractivity contribution < 1.29 is 14.3 Å². The third-order valence-electron chi connectivity index (χ3n) is 6.79. The van der Waals surface area contributed by atoms with E-state index >= 15 is 0 Å². The van der Waals surface area contributed by atoms with Crippen molar-refractivity contribution in [3.8, 4) is 0 Å². The summed E-state index contributed by atoms with van der Waals surface area (Å²) < 4.78 is 12.9. The molecule has 0 amide bonds. The van der Waals surface area contributed by atoms with Crippen molar-refractivity contribution in [3.05, 3.63) is 35.9 Å². The number of hydrogen-bond acceptors (Lipinski definition) is 4. The second-order valence-corrected chi connectivity index (χ2v) is 10.2. The molecule has 0 aromatic heterocycles. The van der Waals surface area contributed by atoms with Crippen molar-refractivity contribution >= 4 is 0 Å². The van der Waals surface area contributed by atoms with Crippen LogP contribution >= 0.6 is 0 Å². The van der Waals surface area contributed by atoms with E-state index in [1.165, 1.54) is 5.56 Å². The quantitative estimate of drug-likeness (QED) is 0.629. The molecular weight excluding hydrogens is 350 g/mol. The van der Waals surface area contributed by atoms with Crippen molar-refractivity contribution in [2.75, 3.05) is 13.2 Å². The number of piperidine rings is 1. The van der Waals surface area contributed by atoms with Crippen LogP contribution in [0.3, 0.4) is 0 Å². The first-order chi connectivity index (χ1) is 13.1. The van der Waals surface area contributed by atoms with E-state index in [2.05, 4.69) is 77.8 Å². The first-order valence-electron chi connectivity index (χ1n) is 10.9. The first kappa shape index (κ1) is 21.8.